The molecule has 94 heavy (non-hydrogen) atoms. The SMILES string of the molecule is CC(C)(C)c1cccc(-c2ccc3c(c2)B2c4ccc(-n5c6ccccc6c6cc(C(C)(C)C)ccc65)cc4N(c4ccc(-c5ccc6c(c5)C(C)(C)CCC6(C)C)cc4)c4cc(-c5ccccc5)cc(c42)N3c2ccc(-c3ccc4c(c3)C(C)(C)CCC4(C)C)cc2)c1. The third-order valence-corrected chi connectivity index (χ3v) is 22.6. The molecular weight excluding hydrogens is 1130 g/mol. The highest BCUT2D eigenvalue weighted by atomic mass is 15.2. The molecular formula is C90H88BN3. The molecule has 12 aromatic rings. The van der Waals surface area contributed by atoms with Crippen molar-refractivity contribution in [2.75, 3.05) is 9.80 Å². The van der Waals surface area contributed by atoms with Gasteiger partial charge in [0, 0.05) is 50.6 Å². The van der Waals surface area contributed by atoms with Gasteiger partial charge in [-0.15, -0.1) is 0 Å². The summed E-state index contributed by atoms with van der Waals surface area (Å²) in [4.78, 5) is 5.22. The van der Waals surface area contributed by atoms with Crippen LogP contribution in [0.3, 0.4) is 0 Å². The first-order chi connectivity index (χ1) is 44.8. The molecule has 0 radical (unpaired) electrons. The first kappa shape index (κ1) is 59.9. The van der Waals surface area contributed by atoms with Gasteiger partial charge in [0.1, 0.15) is 0 Å². The number of benzene rings is 11. The van der Waals surface area contributed by atoms with Crippen molar-refractivity contribution in [3.63, 3.8) is 0 Å². The first-order valence-electron chi connectivity index (χ1n) is 34.6. The van der Waals surface area contributed by atoms with Crippen LogP contribution in [0, 0.1) is 0 Å². The Labute approximate surface area is 559 Å². The Kier molecular flexibility index (Phi) is 13.5. The van der Waals surface area contributed by atoms with Gasteiger partial charge in [-0.1, -0.05) is 255 Å². The zero-order valence-electron chi connectivity index (χ0n) is 57.7. The Hall–Kier alpha value is -9.12. The Morgan fingerprint density at radius 3 is 1.34 bits per heavy atom. The van der Waals surface area contributed by atoms with E-state index in [-0.39, 0.29) is 39.2 Å². The minimum absolute atomic E-state index is 0.000672. The topological polar surface area (TPSA) is 11.4 Å². The fraction of sp³-hybridized carbons (Fsp3) is 0.267. The van der Waals surface area contributed by atoms with Crippen molar-refractivity contribution in [3.05, 3.63) is 264 Å². The average molecular weight is 1220 g/mol. The monoisotopic (exact) mass is 1220 g/mol. The van der Waals surface area contributed by atoms with Crippen molar-refractivity contribution in [2.45, 2.75) is 155 Å². The quantitative estimate of drug-likeness (QED) is 0.147. The molecule has 0 atom stereocenters. The van der Waals surface area contributed by atoms with E-state index in [4.69, 9.17) is 0 Å². The summed E-state index contributed by atoms with van der Waals surface area (Å²) in [7, 11) is 0. The third kappa shape index (κ3) is 9.74. The number of hydrogen-bond acceptors (Lipinski definition) is 2. The van der Waals surface area contributed by atoms with Gasteiger partial charge >= 0.3 is 0 Å². The van der Waals surface area contributed by atoms with E-state index in [1.165, 1.54) is 165 Å². The van der Waals surface area contributed by atoms with Crippen molar-refractivity contribution in [2.24, 2.45) is 0 Å². The van der Waals surface area contributed by atoms with Crippen LogP contribution in [0.5, 0.6) is 0 Å². The van der Waals surface area contributed by atoms with Crippen molar-refractivity contribution >= 4 is 79.0 Å². The van der Waals surface area contributed by atoms with Crippen LogP contribution in [-0.2, 0) is 32.5 Å². The zero-order chi connectivity index (χ0) is 65.2. The Bertz CT molecular complexity index is 5040. The van der Waals surface area contributed by atoms with Gasteiger partial charge in [-0.3, -0.25) is 0 Å². The van der Waals surface area contributed by atoms with Gasteiger partial charge in [0.15, 0.2) is 0 Å². The number of fused-ring (bicyclic) bond motifs is 9. The zero-order valence-corrected chi connectivity index (χ0v) is 57.7. The molecule has 3 heterocycles. The van der Waals surface area contributed by atoms with E-state index in [1.807, 2.05) is 0 Å². The molecule has 2 aliphatic carbocycles. The van der Waals surface area contributed by atoms with Crippen LogP contribution in [0.25, 0.3) is 72.0 Å². The van der Waals surface area contributed by atoms with Gasteiger partial charge in [0.2, 0.25) is 0 Å². The van der Waals surface area contributed by atoms with Crippen molar-refractivity contribution in [1.82, 2.24) is 4.57 Å². The van der Waals surface area contributed by atoms with Crippen molar-refractivity contribution < 1.29 is 0 Å². The highest BCUT2D eigenvalue weighted by Gasteiger charge is 2.45. The van der Waals surface area contributed by atoms with Crippen molar-refractivity contribution in [3.8, 4) is 50.2 Å². The summed E-state index contributed by atoms with van der Waals surface area (Å²) in [5.41, 5.74) is 33.3. The van der Waals surface area contributed by atoms with Gasteiger partial charge < -0.3 is 14.4 Å². The molecule has 2 aliphatic heterocycles. The number of para-hydroxylation sites is 1. The molecule has 0 saturated heterocycles. The lowest BCUT2D eigenvalue weighted by atomic mass is 9.33. The van der Waals surface area contributed by atoms with E-state index in [0.717, 1.165) is 17.1 Å². The van der Waals surface area contributed by atoms with E-state index in [9.17, 15) is 0 Å². The molecule has 0 bridgehead atoms. The number of nitrogens with zero attached hydrogens (tertiary/aromatic N) is 3. The standard InChI is InChI=1S/C90H88BN3/c1-85(2,3)65-24-20-23-60(49-65)63-33-43-80-77(52-63)91-76-42-39-69(94-78-26-19-18-25-70(78)71-55-66(86(4,5)6)34-44-79(71)94)56-81(76)93(68-37-29-59(30-38-68)62-32-41-73-75(51-62)90(13,14)48-46-88(73,9)10)83-54-64(57-21-16-15-17-22-57)53-82(84(83)91)92(80)67-35-27-58(28-36-67)61-31-40-72-74(50-61)89(11,12)47-45-87(72,7)8/h15-44,49-56H,45-48H2,1-14H3. The van der Waals surface area contributed by atoms with Crippen LogP contribution < -0.4 is 26.2 Å². The van der Waals surface area contributed by atoms with Crippen LogP contribution >= 0.6 is 0 Å². The molecule has 4 aliphatic rings. The van der Waals surface area contributed by atoms with Crippen molar-refractivity contribution in [1.29, 1.82) is 0 Å². The second kappa shape index (κ2) is 21.2. The molecule has 466 valence electrons. The first-order valence-corrected chi connectivity index (χ1v) is 34.6. The lowest BCUT2D eigenvalue weighted by Gasteiger charge is -2.44. The maximum absolute atomic E-state index is 2.62. The molecule has 4 heteroatoms. The summed E-state index contributed by atoms with van der Waals surface area (Å²) >= 11 is 0. The summed E-state index contributed by atoms with van der Waals surface area (Å²) in [6.45, 7) is 33.2. The van der Waals surface area contributed by atoms with Crippen LogP contribution in [0.1, 0.15) is 156 Å². The van der Waals surface area contributed by atoms with Crippen LogP contribution in [0.15, 0.2) is 231 Å². The highest BCUT2D eigenvalue weighted by molar-refractivity contribution is 7.00. The Balaban J connectivity index is 0.947. The fourth-order valence-electron chi connectivity index (χ4n) is 16.7. The third-order valence-electron chi connectivity index (χ3n) is 22.6. The summed E-state index contributed by atoms with van der Waals surface area (Å²) in [6.07, 6.45) is 4.75. The second-order valence-corrected chi connectivity index (χ2v) is 32.7. The summed E-state index contributed by atoms with van der Waals surface area (Å²) in [5.74, 6) is 0. The number of aromatic nitrogens is 1. The highest BCUT2D eigenvalue weighted by Crippen LogP contribution is 2.52. The molecule has 0 unspecified atom stereocenters. The summed E-state index contributed by atoms with van der Waals surface area (Å²) in [5, 5.41) is 2.54. The predicted octanol–water partition coefficient (Wildman–Crippen LogP) is 22.8. The van der Waals surface area contributed by atoms with Crippen LogP contribution in [0.4, 0.5) is 34.1 Å². The number of hydrogen-bond donors (Lipinski definition) is 0. The lowest BCUT2D eigenvalue weighted by Crippen LogP contribution is -2.61. The van der Waals surface area contributed by atoms with Gasteiger partial charge in [-0.25, -0.2) is 0 Å². The minimum atomic E-state index is -0.121. The van der Waals surface area contributed by atoms with Gasteiger partial charge in [0.25, 0.3) is 6.71 Å². The molecule has 1 aromatic heterocycles. The lowest BCUT2D eigenvalue weighted by molar-refractivity contribution is 0.332. The van der Waals surface area contributed by atoms with E-state index in [0.29, 0.717) is 0 Å². The number of rotatable bonds is 7. The average Bonchev–Trinajstić information content (AvgIpc) is 0.742. The normalized spacial score (nSPS) is 16.5. The largest absolute Gasteiger partial charge is 0.311 e. The molecule has 0 spiro atoms. The molecule has 0 fully saturated rings. The van der Waals surface area contributed by atoms with Gasteiger partial charge in [-0.05, 0) is 225 Å². The molecule has 3 nitrogen and oxygen atoms in total. The van der Waals surface area contributed by atoms with E-state index < -0.39 is 0 Å². The van der Waals surface area contributed by atoms with Crippen LogP contribution in [-0.4, -0.2) is 11.3 Å². The van der Waals surface area contributed by atoms with Gasteiger partial charge in [0.05, 0.1) is 11.0 Å². The second-order valence-electron chi connectivity index (χ2n) is 32.7. The maximum Gasteiger partial charge on any atom is 0.252 e. The molecule has 0 amide bonds. The molecule has 0 saturated carbocycles. The molecule has 0 N–H and O–H groups in total. The van der Waals surface area contributed by atoms with E-state index in [2.05, 4.69) is 342 Å². The summed E-state index contributed by atoms with van der Waals surface area (Å²) < 4.78 is 2.52. The summed E-state index contributed by atoms with van der Waals surface area (Å²) in [6, 6.07) is 89.9. The van der Waals surface area contributed by atoms with E-state index in [1.54, 1.807) is 0 Å². The number of anilines is 6. The smallest absolute Gasteiger partial charge is 0.252 e. The predicted molar refractivity (Wildman–Crippen MR) is 405 cm³/mol. The molecule has 16 rings (SSSR count). The van der Waals surface area contributed by atoms with E-state index >= 15 is 0 Å². The Morgan fingerprint density at radius 2 is 0.755 bits per heavy atom. The maximum atomic E-state index is 2.62. The molecule has 11 aromatic carbocycles. The fourth-order valence-corrected chi connectivity index (χ4v) is 16.7. The van der Waals surface area contributed by atoms with Crippen LogP contribution in [0.2, 0.25) is 0 Å². The Morgan fingerprint density at radius 1 is 0.298 bits per heavy atom. The van der Waals surface area contributed by atoms with Gasteiger partial charge in [-0.2, -0.15) is 0 Å². The minimum Gasteiger partial charge on any atom is -0.311 e.